The summed E-state index contributed by atoms with van der Waals surface area (Å²) in [7, 11) is 6.00. The van der Waals surface area contributed by atoms with E-state index in [-0.39, 0.29) is 11.9 Å². The fourth-order valence-electron chi connectivity index (χ4n) is 3.80. The number of amides is 1. The van der Waals surface area contributed by atoms with E-state index in [1.807, 2.05) is 49.4 Å². The number of hydrogen-bond donors (Lipinski definition) is 0. The van der Waals surface area contributed by atoms with Crippen LogP contribution in [0.1, 0.15) is 41.8 Å². The number of aromatic nitrogens is 2. The Hall–Kier alpha value is -2.14. The summed E-state index contributed by atoms with van der Waals surface area (Å²) in [4.78, 5) is 21.7. The second kappa shape index (κ2) is 7.40. The van der Waals surface area contributed by atoms with E-state index in [2.05, 4.69) is 34.7 Å². The molecule has 5 nitrogen and oxygen atoms in total. The highest BCUT2D eigenvalue weighted by Gasteiger charge is 2.31. The molecular weight excluding hydrogens is 312 g/mol. The number of imidazole rings is 1. The van der Waals surface area contributed by atoms with Crippen LogP contribution in [0.15, 0.2) is 36.7 Å². The van der Waals surface area contributed by atoms with Gasteiger partial charge in [-0.2, -0.15) is 0 Å². The van der Waals surface area contributed by atoms with Gasteiger partial charge < -0.3 is 9.47 Å². The van der Waals surface area contributed by atoms with Crippen LogP contribution in [-0.4, -0.2) is 52.4 Å². The lowest BCUT2D eigenvalue weighted by atomic mass is 9.94. The summed E-state index contributed by atoms with van der Waals surface area (Å²) in [6.07, 6.45) is 5.80. The van der Waals surface area contributed by atoms with E-state index in [4.69, 9.17) is 0 Å². The van der Waals surface area contributed by atoms with E-state index >= 15 is 0 Å². The van der Waals surface area contributed by atoms with Gasteiger partial charge in [0, 0.05) is 38.4 Å². The predicted octanol–water partition coefficient (Wildman–Crippen LogP) is 2.74. The van der Waals surface area contributed by atoms with Crippen molar-refractivity contribution in [3.8, 4) is 0 Å². The molecule has 134 valence electrons. The van der Waals surface area contributed by atoms with E-state index < -0.39 is 0 Å². The van der Waals surface area contributed by atoms with Gasteiger partial charge in [-0.25, -0.2) is 4.98 Å². The van der Waals surface area contributed by atoms with Gasteiger partial charge in [0.2, 0.25) is 5.91 Å². The Labute approximate surface area is 150 Å². The van der Waals surface area contributed by atoms with Gasteiger partial charge >= 0.3 is 0 Å². The highest BCUT2D eigenvalue weighted by Crippen LogP contribution is 2.29. The fraction of sp³-hybridized carbons (Fsp3) is 0.500. The topological polar surface area (TPSA) is 41.4 Å². The molecule has 0 aliphatic carbocycles. The Morgan fingerprint density at radius 2 is 2.00 bits per heavy atom. The first-order chi connectivity index (χ1) is 12.0. The second-order valence-electron chi connectivity index (χ2n) is 7.28. The number of rotatable bonds is 4. The van der Waals surface area contributed by atoms with Crippen LogP contribution in [0.5, 0.6) is 0 Å². The molecule has 0 bridgehead atoms. The zero-order chi connectivity index (χ0) is 18.0. The normalized spacial score (nSPS) is 17.1. The monoisotopic (exact) mass is 340 g/mol. The third-order valence-electron chi connectivity index (χ3n) is 5.14. The third-order valence-corrected chi connectivity index (χ3v) is 5.14. The minimum atomic E-state index is -0.218. The summed E-state index contributed by atoms with van der Waals surface area (Å²) in [6, 6.07) is 8.05. The average molecular weight is 340 g/mol. The molecule has 3 rings (SSSR count). The molecule has 2 heterocycles. The molecule has 1 saturated heterocycles. The molecule has 1 fully saturated rings. The molecule has 0 N–H and O–H groups in total. The Balaban J connectivity index is 1.71. The lowest BCUT2D eigenvalue weighted by Crippen LogP contribution is -2.44. The second-order valence-corrected chi connectivity index (χ2v) is 7.28. The average Bonchev–Trinajstić information content (AvgIpc) is 3.01. The molecular formula is C20H28N4O. The molecule has 0 radical (unpaired) electrons. The first-order valence-electron chi connectivity index (χ1n) is 8.96. The highest BCUT2D eigenvalue weighted by atomic mass is 16.2. The zero-order valence-corrected chi connectivity index (χ0v) is 15.6. The molecule has 2 aromatic rings. The fourth-order valence-corrected chi connectivity index (χ4v) is 3.80. The van der Waals surface area contributed by atoms with Crippen LogP contribution in [0.2, 0.25) is 0 Å². The molecule has 1 aromatic carbocycles. The van der Waals surface area contributed by atoms with Crippen molar-refractivity contribution in [1.82, 2.24) is 19.4 Å². The molecule has 25 heavy (non-hydrogen) atoms. The Kier molecular flexibility index (Phi) is 5.23. The summed E-state index contributed by atoms with van der Waals surface area (Å²) in [5.74, 6) is 1.78. The first-order valence-corrected chi connectivity index (χ1v) is 8.96. The van der Waals surface area contributed by atoms with Gasteiger partial charge in [0.1, 0.15) is 11.9 Å². The van der Waals surface area contributed by atoms with Gasteiger partial charge in [0.25, 0.3) is 0 Å². The maximum Gasteiger partial charge on any atom is 0.244 e. The number of carbonyl (C=O) groups excluding carboxylic acids is 1. The molecule has 1 aliphatic heterocycles. The van der Waals surface area contributed by atoms with E-state index in [9.17, 15) is 4.79 Å². The highest BCUT2D eigenvalue weighted by molar-refractivity contribution is 5.83. The Morgan fingerprint density at radius 3 is 2.56 bits per heavy atom. The number of benzene rings is 1. The van der Waals surface area contributed by atoms with Crippen molar-refractivity contribution in [2.75, 3.05) is 27.2 Å². The first kappa shape index (κ1) is 17.7. The van der Waals surface area contributed by atoms with Crippen LogP contribution < -0.4 is 0 Å². The van der Waals surface area contributed by atoms with Crippen LogP contribution in [0, 0.1) is 6.92 Å². The molecule has 0 saturated carbocycles. The van der Waals surface area contributed by atoms with Gasteiger partial charge in [-0.15, -0.1) is 0 Å². The van der Waals surface area contributed by atoms with Gasteiger partial charge in [-0.05, 0) is 39.4 Å². The largest absolute Gasteiger partial charge is 0.341 e. The van der Waals surface area contributed by atoms with Gasteiger partial charge in [-0.1, -0.05) is 29.8 Å². The van der Waals surface area contributed by atoms with E-state index in [0.717, 1.165) is 37.3 Å². The van der Waals surface area contributed by atoms with E-state index in [0.29, 0.717) is 5.92 Å². The molecule has 1 unspecified atom stereocenters. The standard InChI is InChI=1S/C20H28N4O/c1-15-6-5-7-17(14-15)18(22(2)3)20(25)24-11-8-16(9-12-24)19-21-10-13-23(19)4/h5-7,10,13-14,16,18H,8-9,11-12H2,1-4H3. The SMILES string of the molecule is Cc1cccc(C(C(=O)N2CCC(c3nccn3C)CC2)N(C)C)c1. The van der Waals surface area contributed by atoms with Crippen molar-refractivity contribution in [1.29, 1.82) is 0 Å². The predicted molar refractivity (Wildman–Crippen MR) is 99.4 cm³/mol. The van der Waals surface area contributed by atoms with Crippen molar-refractivity contribution < 1.29 is 4.79 Å². The van der Waals surface area contributed by atoms with Crippen LogP contribution in [0.3, 0.4) is 0 Å². The van der Waals surface area contributed by atoms with Crippen molar-refractivity contribution >= 4 is 5.91 Å². The molecule has 1 aliphatic rings. The van der Waals surface area contributed by atoms with E-state index in [1.165, 1.54) is 5.56 Å². The Bertz CT molecular complexity index is 729. The van der Waals surface area contributed by atoms with Crippen LogP contribution in [0.25, 0.3) is 0 Å². The quantitative estimate of drug-likeness (QED) is 0.859. The summed E-state index contributed by atoms with van der Waals surface area (Å²) in [6.45, 7) is 3.66. The Morgan fingerprint density at radius 1 is 1.28 bits per heavy atom. The maximum atomic E-state index is 13.2. The van der Waals surface area contributed by atoms with Gasteiger partial charge in [-0.3, -0.25) is 9.69 Å². The molecule has 1 amide bonds. The van der Waals surface area contributed by atoms with Crippen molar-refractivity contribution in [3.63, 3.8) is 0 Å². The molecule has 1 aromatic heterocycles. The van der Waals surface area contributed by atoms with Crippen molar-refractivity contribution in [2.45, 2.75) is 31.7 Å². The molecule has 5 heteroatoms. The van der Waals surface area contributed by atoms with Crippen molar-refractivity contribution in [3.05, 3.63) is 53.6 Å². The number of aryl methyl sites for hydroxylation is 2. The maximum absolute atomic E-state index is 13.2. The lowest BCUT2D eigenvalue weighted by molar-refractivity contribution is -0.137. The number of nitrogens with zero attached hydrogens (tertiary/aromatic N) is 4. The smallest absolute Gasteiger partial charge is 0.244 e. The summed E-state index contributed by atoms with van der Waals surface area (Å²) in [5, 5.41) is 0. The lowest BCUT2D eigenvalue weighted by Gasteiger charge is -2.36. The number of piperidine rings is 1. The number of likely N-dealkylation sites (tertiary alicyclic amines) is 1. The van der Waals surface area contributed by atoms with Crippen LogP contribution in [0.4, 0.5) is 0 Å². The van der Waals surface area contributed by atoms with Crippen LogP contribution >= 0.6 is 0 Å². The van der Waals surface area contributed by atoms with Gasteiger partial charge in [0.15, 0.2) is 0 Å². The third kappa shape index (κ3) is 3.76. The number of carbonyl (C=O) groups is 1. The molecule has 0 spiro atoms. The summed E-state index contributed by atoms with van der Waals surface area (Å²) < 4.78 is 2.09. The number of hydrogen-bond acceptors (Lipinski definition) is 3. The van der Waals surface area contributed by atoms with Gasteiger partial charge in [0.05, 0.1) is 0 Å². The summed E-state index contributed by atoms with van der Waals surface area (Å²) in [5.41, 5.74) is 2.26. The molecule has 1 atom stereocenters. The zero-order valence-electron chi connectivity index (χ0n) is 15.6. The summed E-state index contributed by atoms with van der Waals surface area (Å²) >= 11 is 0. The van der Waals surface area contributed by atoms with Crippen LogP contribution in [-0.2, 0) is 11.8 Å². The minimum absolute atomic E-state index is 0.203. The van der Waals surface area contributed by atoms with Crippen molar-refractivity contribution in [2.24, 2.45) is 7.05 Å². The minimum Gasteiger partial charge on any atom is -0.341 e. The number of likely N-dealkylation sites (N-methyl/N-ethyl adjacent to an activating group) is 1. The van der Waals surface area contributed by atoms with E-state index in [1.54, 1.807) is 0 Å².